The molecule has 1 aliphatic carbocycles. The molecule has 34 heavy (non-hydrogen) atoms. The van der Waals surface area contributed by atoms with Crippen molar-refractivity contribution in [2.24, 2.45) is 5.41 Å². The lowest BCUT2D eigenvalue weighted by Crippen LogP contribution is -2.64. The van der Waals surface area contributed by atoms with Gasteiger partial charge in [0.05, 0.1) is 5.41 Å². The van der Waals surface area contributed by atoms with Crippen molar-refractivity contribution in [1.82, 2.24) is 15.1 Å². The third kappa shape index (κ3) is 4.63. The minimum absolute atomic E-state index is 0.0688. The molecule has 1 heterocycles. The number of fused-ring (bicyclic) bond motifs is 3. The predicted molar refractivity (Wildman–Crippen MR) is 127 cm³/mol. The number of carbonyl (C=O) groups is 3. The van der Waals surface area contributed by atoms with Gasteiger partial charge in [0.1, 0.15) is 12.6 Å². The molecule has 1 fully saturated rings. The van der Waals surface area contributed by atoms with Crippen LogP contribution in [0.2, 0.25) is 0 Å². The Morgan fingerprint density at radius 1 is 1.09 bits per heavy atom. The van der Waals surface area contributed by atoms with Gasteiger partial charge < -0.3 is 25.0 Å². The standard InChI is InChI=1S/C26H31N3O5/c1-26(24(31)32)15-29(16-26)23(30)22(12-13-28(2)3)27-25(33)34-14-21-19-10-6-4-8-17(19)18-9-5-7-11-20(18)21/h4-11,21-22H,12-16H2,1-3H3,(H,27,33)(H,31,32). The number of carboxylic acids is 1. The van der Waals surface area contributed by atoms with Crippen LogP contribution in [0.4, 0.5) is 4.79 Å². The van der Waals surface area contributed by atoms with Crippen LogP contribution in [-0.4, -0.2) is 79.3 Å². The molecule has 0 radical (unpaired) electrons. The van der Waals surface area contributed by atoms with Gasteiger partial charge in [-0.3, -0.25) is 9.59 Å². The second-order valence-corrected chi connectivity index (χ2v) is 9.67. The fourth-order valence-electron chi connectivity index (χ4n) is 4.73. The monoisotopic (exact) mass is 465 g/mol. The first-order chi connectivity index (χ1) is 16.2. The number of amides is 2. The van der Waals surface area contributed by atoms with E-state index in [1.165, 1.54) is 4.90 Å². The van der Waals surface area contributed by atoms with Gasteiger partial charge in [-0.25, -0.2) is 4.79 Å². The highest BCUT2D eigenvalue weighted by Gasteiger charge is 2.48. The van der Waals surface area contributed by atoms with Crippen LogP contribution in [0.3, 0.4) is 0 Å². The van der Waals surface area contributed by atoms with Crippen molar-refractivity contribution in [3.8, 4) is 11.1 Å². The van der Waals surface area contributed by atoms with E-state index in [0.717, 1.165) is 22.3 Å². The molecule has 1 unspecified atom stereocenters. The van der Waals surface area contributed by atoms with E-state index in [1.54, 1.807) is 6.92 Å². The van der Waals surface area contributed by atoms with Gasteiger partial charge >= 0.3 is 12.1 Å². The first-order valence-corrected chi connectivity index (χ1v) is 11.5. The van der Waals surface area contributed by atoms with E-state index in [9.17, 15) is 19.5 Å². The number of hydrogen-bond donors (Lipinski definition) is 2. The summed E-state index contributed by atoms with van der Waals surface area (Å²) < 4.78 is 5.61. The van der Waals surface area contributed by atoms with Crippen molar-refractivity contribution in [1.29, 1.82) is 0 Å². The zero-order valence-corrected chi connectivity index (χ0v) is 19.8. The average molecular weight is 466 g/mol. The number of benzene rings is 2. The highest BCUT2D eigenvalue weighted by molar-refractivity contribution is 5.89. The molecule has 2 N–H and O–H groups in total. The van der Waals surface area contributed by atoms with Crippen molar-refractivity contribution in [2.45, 2.75) is 25.3 Å². The van der Waals surface area contributed by atoms with E-state index in [4.69, 9.17) is 4.74 Å². The molecule has 0 saturated carbocycles. The van der Waals surface area contributed by atoms with Gasteiger partial charge in [-0.15, -0.1) is 0 Å². The number of nitrogens with one attached hydrogen (secondary N) is 1. The van der Waals surface area contributed by atoms with Crippen LogP contribution >= 0.6 is 0 Å². The van der Waals surface area contributed by atoms with Crippen molar-refractivity contribution in [3.05, 3.63) is 59.7 Å². The second kappa shape index (κ2) is 9.46. The number of likely N-dealkylation sites (tertiary alicyclic amines) is 1. The number of ether oxygens (including phenoxy) is 1. The lowest BCUT2D eigenvalue weighted by atomic mass is 9.81. The highest BCUT2D eigenvalue weighted by Crippen LogP contribution is 2.44. The maximum absolute atomic E-state index is 13.0. The zero-order chi connectivity index (χ0) is 24.5. The summed E-state index contributed by atoms with van der Waals surface area (Å²) in [5, 5.41) is 12.1. The van der Waals surface area contributed by atoms with E-state index in [0.29, 0.717) is 13.0 Å². The van der Waals surface area contributed by atoms with E-state index >= 15 is 0 Å². The number of rotatable bonds is 8. The van der Waals surface area contributed by atoms with Crippen LogP contribution in [0.25, 0.3) is 11.1 Å². The molecule has 0 bridgehead atoms. The molecule has 180 valence electrons. The maximum atomic E-state index is 13.0. The Kier molecular flexibility index (Phi) is 6.61. The first-order valence-electron chi connectivity index (χ1n) is 11.5. The minimum atomic E-state index is -0.939. The molecule has 1 atom stereocenters. The summed E-state index contributed by atoms with van der Waals surface area (Å²) in [6.07, 6.45) is -0.253. The van der Waals surface area contributed by atoms with E-state index in [2.05, 4.69) is 17.4 Å². The lowest BCUT2D eigenvalue weighted by Gasteiger charge is -2.46. The van der Waals surface area contributed by atoms with Crippen molar-refractivity contribution in [2.75, 3.05) is 40.3 Å². The van der Waals surface area contributed by atoms with Crippen LogP contribution < -0.4 is 5.32 Å². The zero-order valence-electron chi connectivity index (χ0n) is 19.8. The summed E-state index contributed by atoms with van der Waals surface area (Å²) in [6.45, 7) is 2.63. The number of aliphatic carboxylic acids is 1. The van der Waals surface area contributed by atoms with Crippen molar-refractivity contribution >= 4 is 18.0 Å². The summed E-state index contributed by atoms with van der Waals surface area (Å²) in [6, 6.07) is 15.4. The average Bonchev–Trinajstić information content (AvgIpc) is 3.11. The molecular formula is C26H31N3O5. The van der Waals surface area contributed by atoms with Gasteiger partial charge in [0.2, 0.25) is 5.91 Å². The van der Waals surface area contributed by atoms with Gasteiger partial charge in [0, 0.05) is 19.0 Å². The maximum Gasteiger partial charge on any atom is 0.407 e. The minimum Gasteiger partial charge on any atom is -0.481 e. The topological polar surface area (TPSA) is 99.2 Å². The Morgan fingerprint density at radius 2 is 1.65 bits per heavy atom. The van der Waals surface area contributed by atoms with Crippen LogP contribution in [0.15, 0.2) is 48.5 Å². The number of nitrogens with zero attached hydrogens (tertiary/aromatic N) is 2. The Labute approximate surface area is 199 Å². The molecule has 2 aromatic carbocycles. The van der Waals surface area contributed by atoms with Crippen LogP contribution in [0.5, 0.6) is 0 Å². The Balaban J connectivity index is 1.40. The molecule has 2 amide bonds. The number of carbonyl (C=O) groups excluding carboxylic acids is 2. The molecule has 0 aromatic heterocycles. The molecular weight excluding hydrogens is 434 g/mol. The number of hydrogen-bond acceptors (Lipinski definition) is 5. The largest absolute Gasteiger partial charge is 0.481 e. The molecule has 2 aliphatic rings. The summed E-state index contributed by atoms with van der Waals surface area (Å²) in [7, 11) is 3.78. The summed E-state index contributed by atoms with van der Waals surface area (Å²) in [5.74, 6) is -1.28. The Bertz CT molecular complexity index is 1050. The fraction of sp³-hybridized carbons (Fsp3) is 0.423. The van der Waals surface area contributed by atoms with Gasteiger partial charge in [0.25, 0.3) is 0 Å². The normalized spacial score (nSPS) is 16.9. The SMILES string of the molecule is CN(C)CCC(NC(=O)OCC1c2ccccc2-c2ccccc21)C(=O)N1CC(C)(C(=O)O)C1. The molecule has 4 rings (SSSR count). The van der Waals surface area contributed by atoms with Crippen molar-refractivity contribution in [3.63, 3.8) is 0 Å². The van der Waals surface area contributed by atoms with Gasteiger partial charge in [-0.2, -0.15) is 0 Å². The third-order valence-corrected chi connectivity index (χ3v) is 6.71. The second-order valence-electron chi connectivity index (χ2n) is 9.67. The van der Waals surface area contributed by atoms with Crippen LogP contribution in [-0.2, 0) is 14.3 Å². The lowest BCUT2D eigenvalue weighted by molar-refractivity contribution is -0.164. The van der Waals surface area contributed by atoms with E-state index < -0.39 is 23.5 Å². The fourth-order valence-corrected chi connectivity index (χ4v) is 4.73. The van der Waals surface area contributed by atoms with E-state index in [1.807, 2.05) is 55.4 Å². The number of carboxylic acid groups (broad SMARTS) is 1. The quantitative estimate of drug-likeness (QED) is 0.622. The van der Waals surface area contributed by atoms with Crippen LogP contribution in [0, 0.1) is 5.41 Å². The Morgan fingerprint density at radius 3 is 2.18 bits per heavy atom. The highest BCUT2D eigenvalue weighted by atomic mass is 16.5. The molecule has 2 aromatic rings. The summed E-state index contributed by atoms with van der Waals surface area (Å²) in [5.41, 5.74) is 3.58. The first kappa shape index (κ1) is 23.8. The van der Waals surface area contributed by atoms with Gasteiger partial charge in [-0.05, 0) is 56.2 Å². The third-order valence-electron chi connectivity index (χ3n) is 6.71. The predicted octanol–water partition coefficient (Wildman–Crippen LogP) is 2.78. The summed E-state index contributed by atoms with van der Waals surface area (Å²) in [4.78, 5) is 40.6. The smallest absolute Gasteiger partial charge is 0.407 e. The van der Waals surface area contributed by atoms with E-state index in [-0.39, 0.29) is 31.5 Å². The van der Waals surface area contributed by atoms with Crippen molar-refractivity contribution < 1.29 is 24.2 Å². The molecule has 8 heteroatoms. The Hall–Kier alpha value is -3.39. The number of alkyl carbamates (subject to hydrolysis) is 1. The van der Waals surface area contributed by atoms with Gasteiger partial charge in [-0.1, -0.05) is 48.5 Å². The molecule has 1 saturated heterocycles. The van der Waals surface area contributed by atoms with Gasteiger partial charge in [0.15, 0.2) is 0 Å². The molecule has 1 aliphatic heterocycles. The molecule has 0 spiro atoms. The summed E-state index contributed by atoms with van der Waals surface area (Å²) >= 11 is 0. The molecule has 8 nitrogen and oxygen atoms in total. The van der Waals surface area contributed by atoms with Crippen LogP contribution in [0.1, 0.15) is 30.4 Å².